The molecule has 1 saturated carbocycles. The van der Waals surface area contributed by atoms with Crippen LogP contribution in [-0.4, -0.2) is 23.9 Å². The number of carbonyl (C=O) groups excluding carboxylic acids is 1. The van der Waals surface area contributed by atoms with Crippen LogP contribution in [0.2, 0.25) is 0 Å². The normalized spacial score (nSPS) is 23.2. The Morgan fingerprint density at radius 2 is 1.89 bits per heavy atom. The monoisotopic (exact) mass is 323 g/mol. The highest BCUT2D eigenvalue weighted by Gasteiger charge is 2.26. The smallest absolute Gasteiger partial charge is 0.254 e. The number of hydrogen-bond donors (Lipinski definition) is 0. The SMILES string of the molecule is Cc1ccc(Br)cc1C(=O)N(C)C1CCC(C)CC1. The summed E-state index contributed by atoms with van der Waals surface area (Å²) in [6, 6.07) is 6.31. The zero-order valence-electron chi connectivity index (χ0n) is 11.9. The maximum atomic E-state index is 12.6. The number of nitrogens with zero attached hydrogens (tertiary/aromatic N) is 1. The van der Waals surface area contributed by atoms with E-state index in [1.54, 1.807) is 0 Å². The van der Waals surface area contributed by atoms with Crippen molar-refractivity contribution in [2.75, 3.05) is 7.05 Å². The molecule has 0 atom stereocenters. The van der Waals surface area contributed by atoms with Gasteiger partial charge in [-0.2, -0.15) is 0 Å². The standard InChI is InChI=1S/C16H22BrNO/c1-11-4-8-14(9-5-11)18(3)16(19)15-10-13(17)7-6-12(15)2/h6-7,10-11,14H,4-5,8-9H2,1-3H3. The molecule has 0 unspecified atom stereocenters. The van der Waals surface area contributed by atoms with Crippen molar-refractivity contribution in [2.24, 2.45) is 5.92 Å². The quantitative estimate of drug-likeness (QED) is 0.789. The van der Waals surface area contributed by atoms with Gasteiger partial charge in [0.05, 0.1) is 0 Å². The highest BCUT2D eigenvalue weighted by molar-refractivity contribution is 9.10. The molecule has 1 aromatic carbocycles. The van der Waals surface area contributed by atoms with Gasteiger partial charge in [-0.25, -0.2) is 0 Å². The minimum atomic E-state index is 0.151. The second-order valence-electron chi connectivity index (χ2n) is 5.79. The van der Waals surface area contributed by atoms with Crippen LogP contribution in [0.5, 0.6) is 0 Å². The molecule has 2 nitrogen and oxygen atoms in total. The van der Waals surface area contributed by atoms with E-state index in [4.69, 9.17) is 0 Å². The minimum absolute atomic E-state index is 0.151. The van der Waals surface area contributed by atoms with Gasteiger partial charge in [0, 0.05) is 23.1 Å². The molecule has 1 aromatic rings. The molecule has 0 saturated heterocycles. The van der Waals surface area contributed by atoms with E-state index >= 15 is 0 Å². The molecule has 1 aliphatic rings. The van der Waals surface area contributed by atoms with Crippen molar-refractivity contribution in [1.82, 2.24) is 4.90 Å². The summed E-state index contributed by atoms with van der Waals surface area (Å²) < 4.78 is 0.965. The van der Waals surface area contributed by atoms with Gasteiger partial charge in [0.2, 0.25) is 0 Å². The number of benzene rings is 1. The van der Waals surface area contributed by atoms with Crippen molar-refractivity contribution in [3.05, 3.63) is 33.8 Å². The van der Waals surface area contributed by atoms with Crippen LogP contribution in [-0.2, 0) is 0 Å². The van der Waals surface area contributed by atoms with Gasteiger partial charge in [-0.05, 0) is 56.2 Å². The van der Waals surface area contributed by atoms with Crippen LogP contribution in [0, 0.1) is 12.8 Å². The first-order valence-corrected chi connectivity index (χ1v) is 7.81. The summed E-state index contributed by atoms with van der Waals surface area (Å²) in [4.78, 5) is 14.5. The molecule has 0 bridgehead atoms. The van der Waals surface area contributed by atoms with E-state index in [9.17, 15) is 4.79 Å². The van der Waals surface area contributed by atoms with Crippen molar-refractivity contribution in [2.45, 2.75) is 45.6 Å². The second kappa shape index (κ2) is 6.08. The van der Waals surface area contributed by atoms with Crippen LogP contribution in [0.3, 0.4) is 0 Å². The van der Waals surface area contributed by atoms with Crippen molar-refractivity contribution >= 4 is 21.8 Å². The topological polar surface area (TPSA) is 20.3 Å². The van der Waals surface area contributed by atoms with Gasteiger partial charge >= 0.3 is 0 Å². The Bertz CT molecular complexity index is 464. The lowest BCUT2D eigenvalue weighted by molar-refractivity contribution is 0.0678. The zero-order valence-corrected chi connectivity index (χ0v) is 13.5. The molecular weight excluding hydrogens is 302 g/mol. The van der Waals surface area contributed by atoms with Gasteiger partial charge in [0.25, 0.3) is 5.91 Å². The molecule has 0 radical (unpaired) electrons. The summed E-state index contributed by atoms with van der Waals surface area (Å²) in [5, 5.41) is 0. The Balaban J connectivity index is 2.12. The molecule has 1 fully saturated rings. The van der Waals surface area contributed by atoms with E-state index in [1.807, 2.05) is 37.1 Å². The maximum Gasteiger partial charge on any atom is 0.254 e. The van der Waals surface area contributed by atoms with Crippen molar-refractivity contribution in [3.63, 3.8) is 0 Å². The summed E-state index contributed by atoms with van der Waals surface area (Å²) in [5.74, 6) is 0.964. The van der Waals surface area contributed by atoms with E-state index in [0.717, 1.165) is 34.4 Å². The summed E-state index contributed by atoms with van der Waals surface area (Å²) in [7, 11) is 1.95. The second-order valence-corrected chi connectivity index (χ2v) is 6.70. The third-order valence-electron chi connectivity index (χ3n) is 4.28. The number of amides is 1. The number of carbonyl (C=O) groups is 1. The molecule has 0 aliphatic heterocycles. The Morgan fingerprint density at radius 1 is 1.26 bits per heavy atom. The van der Waals surface area contributed by atoms with Crippen LogP contribution in [0.4, 0.5) is 0 Å². The first-order valence-electron chi connectivity index (χ1n) is 7.02. The highest BCUT2D eigenvalue weighted by Crippen LogP contribution is 2.28. The third kappa shape index (κ3) is 3.38. The predicted molar refractivity (Wildman–Crippen MR) is 82.4 cm³/mol. The average molecular weight is 324 g/mol. The van der Waals surface area contributed by atoms with Crippen LogP contribution < -0.4 is 0 Å². The van der Waals surface area contributed by atoms with Gasteiger partial charge in [-0.1, -0.05) is 28.9 Å². The van der Waals surface area contributed by atoms with E-state index in [2.05, 4.69) is 22.9 Å². The van der Waals surface area contributed by atoms with Crippen LogP contribution >= 0.6 is 15.9 Å². The zero-order chi connectivity index (χ0) is 14.0. The Labute approximate surface area is 124 Å². The van der Waals surface area contributed by atoms with Crippen LogP contribution in [0.15, 0.2) is 22.7 Å². The maximum absolute atomic E-state index is 12.6. The Hall–Kier alpha value is -0.830. The third-order valence-corrected chi connectivity index (χ3v) is 4.78. The first kappa shape index (κ1) is 14.6. The summed E-state index contributed by atoms with van der Waals surface area (Å²) in [6.07, 6.45) is 4.74. The number of aryl methyl sites for hydroxylation is 1. The lowest BCUT2D eigenvalue weighted by Crippen LogP contribution is -2.39. The molecular formula is C16H22BrNO. The largest absolute Gasteiger partial charge is 0.339 e. The van der Waals surface area contributed by atoms with Crippen molar-refractivity contribution in [3.8, 4) is 0 Å². The van der Waals surface area contributed by atoms with E-state index in [1.165, 1.54) is 12.8 Å². The van der Waals surface area contributed by atoms with E-state index in [0.29, 0.717) is 6.04 Å². The molecule has 19 heavy (non-hydrogen) atoms. The fourth-order valence-corrected chi connectivity index (χ4v) is 3.17. The van der Waals surface area contributed by atoms with Gasteiger partial charge in [-0.15, -0.1) is 0 Å². The average Bonchev–Trinajstić information content (AvgIpc) is 2.41. The minimum Gasteiger partial charge on any atom is -0.339 e. The molecule has 2 rings (SSSR count). The summed E-state index contributed by atoms with van der Waals surface area (Å²) in [5.41, 5.74) is 1.86. The van der Waals surface area contributed by atoms with Crippen LogP contribution in [0.1, 0.15) is 48.5 Å². The van der Waals surface area contributed by atoms with Crippen molar-refractivity contribution < 1.29 is 4.79 Å². The number of halogens is 1. The van der Waals surface area contributed by atoms with E-state index in [-0.39, 0.29) is 5.91 Å². The van der Waals surface area contributed by atoms with Gasteiger partial charge < -0.3 is 4.90 Å². The molecule has 0 aromatic heterocycles. The van der Waals surface area contributed by atoms with Crippen LogP contribution in [0.25, 0.3) is 0 Å². The van der Waals surface area contributed by atoms with Crippen molar-refractivity contribution in [1.29, 1.82) is 0 Å². The number of hydrogen-bond acceptors (Lipinski definition) is 1. The van der Waals surface area contributed by atoms with Gasteiger partial charge in [0.15, 0.2) is 0 Å². The highest BCUT2D eigenvalue weighted by atomic mass is 79.9. The molecule has 3 heteroatoms. The summed E-state index contributed by atoms with van der Waals surface area (Å²) >= 11 is 3.45. The molecule has 104 valence electrons. The molecule has 0 heterocycles. The van der Waals surface area contributed by atoms with E-state index < -0.39 is 0 Å². The van der Waals surface area contributed by atoms with Gasteiger partial charge in [-0.3, -0.25) is 4.79 Å². The summed E-state index contributed by atoms with van der Waals surface area (Å²) in [6.45, 7) is 4.30. The van der Waals surface area contributed by atoms with Gasteiger partial charge in [0.1, 0.15) is 0 Å². The fraction of sp³-hybridized carbons (Fsp3) is 0.562. The lowest BCUT2D eigenvalue weighted by Gasteiger charge is -2.34. The predicted octanol–water partition coefficient (Wildman–Crippen LogP) is 4.41. The Kier molecular flexibility index (Phi) is 4.67. The number of rotatable bonds is 2. The molecule has 1 aliphatic carbocycles. The first-order chi connectivity index (χ1) is 8.99. The fourth-order valence-electron chi connectivity index (χ4n) is 2.81. The molecule has 0 spiro atoms. The Morgan fingerprint density at radius 3 is 2.53 bits per heavy atom. The lowest BCUT2D eigenvalue weighted by atomic mass is 9.86. The molecule has 1 amide bonds. The molecule has 0 N–H and O–H groups in total.